The first-order chi connectivity index (χ1) is 7.72. The van der Waals surface area contributed by atoms with Gasteiger partial charge in [0.25, 0.3) is 0 Å². The van der Waals surface area contributed by atoms with E-state index in [9.17, 15) is 0 Å². The van der Waals surface area contributed by atoms with Crippen molar-refractivity contribution in [1.29, 1.82) is 0 Å². The Balaban J connectivity index is 2.78. The summed E-state index contributed by atoms with van der Waals surface area (Å²) in [7, 11) is 1.91. The Morgan fingerprint density at radius 2 is 2.06 bits per heavy atom. The van der Waals surface area contributed by atoms with Crippen molar-refractivity contribution in [3.05, 3.63) is 18.1 Å². The van der Waals surface area contributed by atoms with E-state index in [1.165, 1.54) is 0 Å². The van der Waals surface area contributed by atoms with Gasteiger partial charge in [0.2, 0.25) is 0 Å². The van der Waals surface area contributed by atoms with Crippen LogP contribution in [0, 0.1) is 0 Å². The van der Waals surface area contributed by atoms with Gasteiger partial charge >= 0.3 is 0 Å². The maximum Gasteiger partial charge on any atom is 0.147 e. The molecule has 0 aliphatic heterocycles. The fourth-order valence-electron chi connectivity index (χ4n) is 1.69. The molecule has 0 aliphatic carbocycles. The molecule has 0 saturated carbocycles. The van der Waals surface area contributed by atoms with Gasteiger partial charge in [0, 0.05) is 19.1 Å². The minimum Gasteiger partial charge on any atom is -0.353 e. The molecule has 1 unspecified atom stereocenters. The molecule has 16 heavy (non-hydrogen) atoms. The molecule has 0 bridgehead atoms. The highest BCUT2D eigenvalue weighted by Gasteiger charge is 2.12. The predicted molar refractivity (Wildman–Crippen MR) is 67.6 cm³/mol. The molecule has 0 spiro atoms. The van der Waals surface area contributed by atoms with Crippen LogP contribution in [0.2, 0.25) is 0 Å². The molecule has 0 aromatic carbocycles. The summed E-state index contributed by atoms with van der Waals surface area (Å²) in [5.74, 6) is 0.969. The predicted octanol–water partition coefficient (Wildman–Crippen LogP) is 1.82. The summed E-state index contributed by atoms with van der Waals surface area (Å²) in [5, 5.41) is 3.06. The van der Waals surface area contributed by atoms with Crippen molar-refractivity contribution in [3.8, 4) is 0 Å². The normalized spacial score (nSPS) is 12.5. The van der Waals surface area contributed by atoms with E-state index in [0.29, 0.717) is 6.04 Å². The molecule has 1 N–H and O–H groups in total. The van der Waals surface area contributed by atoms with Crippen molar-refractivity contribution in [1.82, 2.24) is 15.3 Å². The van der Waals surface area contributed by atoms with Gasteiger partial charge in [-0.15, -0.1) is 0 Å². The third kappa shape index (κ3) is 3.17. The smallest absolute Gasteiger partial charge is 0.147 e. The van der Waals surface area contributed by atoms with E-state index >= 15 is 0 Å². The van der Waals surface area contributed by atoms with Gasteiger partial charge in [-0.25, -0.2) is 4.98 Å². The van der Waals surface area contributed by atoms with Gasteiger partial charge in [-0.3, -0.25) is 4.98 Å². The Bertz CT molecular complexity index is 296. The van der Waals surface area contributed by atoms with Crippen LogP contribution in [0.3, 0.4) is 0 Å². The van der Waals surface area contributed by atoms with Crippen LogP contribution in [-0.2, 0) is 6.54 Å². The average molecular weight is 222 g/mol. The molecule has 1 atom stereocenters. The van der Waals surface area contributed by atoms with E-state index in [2.05, 4.69) is 41.0 Å². The van der Waals surface area contributed by atoms with Crippen LogP contribution in [0.5, 0.6) is 0 Å². The SMILES string of the molecule is CCC(C)N(CC)c1cnc(CNC)cn1. The molecule has 0 aliphatic rings. The maximum absolute atomic E-state index is 4.46. The highest BCUT2D eigenvalue weighted by Crippen LogP contribution is 2.14. The number of aromatic nitrogens is 2. The molecule has 0 radical (unpaired) electrons. The van der Waals surface area contributed by atoms with Gasteiger partial charge in [0.15, 0.2) is 0 Å². The number of hydrogen-bond acceptors (Lipinski definition) is 4. The first-order valence-corrected chi connectivity index (χ1v) is 5.95. The Hall–Kier alpha value is -1.16. The number of anilines is 1. The third-order valence-corrected chi connectivity index (χ3v) is 2.81. The quantitative estimate of drug-likeness (QED) is 0.797. The van der Waals surface area contributed by atoms with E-state index in [4.69, 9.17) is 0 Å². The van der Waals surface area contributed by atoms with E-state index < -0.39 is 0 Å². The number of nitrogens with zero attached hydrogens (tertiary/aromatic N) is 3. The van der Waals surface area contributed by atoms with Crippen molar-refractivity contribution in [2.75, 3.05) is 18.5 Å². The molecule has 0 saturated heterocycles. The minimum atomic E-state index is 0.509. The number of hydrogen-bond donors (Lipinski definition) is 1. The monoisotopic (exact) mass is 222 g/mol. The Morgan fingerprint density at radius 3 is 2.50 bits per heavy atom. The van der Waals surface area contributed by atoms with Gasteiger partial charge in [0.05, 0.1) is 18.1 Å². The molecule has 0 fully saturated rings. The standard InChI is InChI=1S/C12H22N4/c1-5-10(3)16(6-2)12-9-14-11(7-13-4)8-15-12/h8-10,13H,5-7H2,1-4H3. The second-order valence-corrected chi connectivity index (χ2v) is 3.94. The lowest BCUT2D eigenvalue weighted by Gasteiger charge is -2.27. The van der Waals surface area contributed by atoms with Crippen molar-refractivity contribution in [3.63, 3.8) is 0 Å². The molecule has 1 heterocycles. The summed E-state index contributed by atoms with van der Waals surface area (Å²) >= 11 is 0. The molecule has 4 nitrogen and oxygen atoms in total. The second kappa shape index (κ2) is 6.43. The van der Waals surface area contributed by atoms with Crippen molar-refractivity contribution >= 4 is 5.82 Å². The first-order valence-electron chi connectivity index (χ1n) is 5.95. The summed E-state index contributed by atoms with van der Waals surface area (Å²) in [6, 6.07) is 0.509. The van der Waals surface area contributed by atoms with Gasteiger partial charge in [-0.1, -0.05) is 6.92 Å². The summed E-state index contributed by atoms with van der Waals surface area (Å²) in [5.41, 5.74) is 0.978. The first kappa shape index (κ1) is 12.9. The Morgan fingerprint density at radius 1 is 1.31 bits per heavy atom. The van der Waals surface area contributed by atoms with Crippen LogP contribution in [-0.4, -0.2) is 29.6 Å². The summed E-state index contributed by atoms with van der Waals surface area (Å²) < 4.78 is 0. The molecule has 0 amide bonds. The van der Waals surface area contributed by atoms with E-state index in [1.54, 1.807) is 0 Å². The van der Waals surface area contributed by atoms with Crippen LogP contribution in [0.4, 0.5) is 5.82 Å². The van der Waals surface area contributed by atoms with Gasteiger partial charge in [0.1, 0.15) is 5.82 Å². The summed E-state index contributed by atoms with van der Waals surface area (Å²) in [4.78, 5) is 11.1. The van der Waals surface area contributed by atoms with Crippen LogP contribution in [0.1, 0.15) is 32.9 Å². The molecule has 1 rings (SSSR count). The summed E-state index contributed by atoms with van der Waals surface area (Å²) in [6.45, 7) is 8.29. The molecule has 4 heteroatoms. The lowest BCUT2D eigenvalue weighted by Crippen LogP contribution is -2.33. The Kier molecular flexibility index (Phi) is 5.19. The van der Waals surface area contributed by atoms with Gasteiger partial charge in [-0.2, -0.15) is 0 Å². The minimum absolute atomic E-state index is 0.509. The molecule has 1 aromatic rings. The zero-order chi connectivity index (χ0) is 12.0. The zero-order valence-electron chi connectivity index (χ0n) is 10.7. The Labute approximate surface area is 98.1 Å². The van der Waals surface area contributed by atoms with Crippen molar-refractivity contribution in [2.45, 2.75) is 39.8 Å². The maximum atomic E-state index is 4.46. The van der Waals surface area contributed by atoms with Crippen LogP contribution >= 0.6 is 0 Å². The van der Waals surface area contributed by atoms with Gasteiger partial charge < -0.3 is 10.2 Å². The lowest BCUT2D eigenvalue weighted by atomic mass is 10.2. The lowest BCUT2D eigenvalue weighted by molar-refractivity contribution is 0.620. The fourth-order valence-corrected chi connectivity index (χ4v) is 1.69. The largest absolute Gasteiger partial charge is 0.353 e. The zero-order valence-corrected chi connectivity index (χ0v) is 10.7. The van der Waals surface area contributed by atoms with Crippen molar-refractivity contribution in [2.24, 2.45) is 0 Å². The van der Waals surface area contributed by atoms with Crippen LogP contribution < -0.4 is 10.2 Å². The number of rotatable bonds is 6. The summed E-state index contributed by atoms with van der Waals surface area (Å²) in [6.07, 6.45) is 4.83. The van der Waals surface area contributed by atoms with Crippen LogP contribution in [0.15, 0.2) is 12.4 Å². The topological polar surface area (TPSA) is 41.1 Å². The molecular weight excluding hydrogens is 200 g/mol. The second-order valence-electron chi connectivity index (χ2n) is 3.94. The van der Waals surface area contributed by atoms with E-state index in [-0.39, 0.29) is 0 Å². The molecule has 90 valence electrons. The highest BCUT2D eigenvalue weighted by molar-refractivity contribution is 5.36. The third-order valence-electron chi connectivity index (χ3n) is 2.81. The molecular formula is C12H22N4. The average Bonchev–Trinajstić information content (AvgIpc) is 2.32. The fraction of sp³-hybridized carbons (Fsp3) is 0.667. The van der Waals surface area contributed by atoms with Gasteiger partial charge in [-0.05, 0) is 27.3 Å². The van der Waals surface area contributed by atoms with Crippen molar-refractivity contribution < 1.29 is 0 Å². The highest BCUT2D eigenvalue weighted by atomic mass is 15.2. The molecule has 1 aromatic heterocycles. The van der Waals surface area contributed by atoms with E-state index in [0.717, 1.165) is 31.0 Å². The van der Waals surface area contributed by atoms with Crippen LogP contribution in [0.25, 0.3) is 0 Å². The van der Waals surface area contributed by atoms with E-state index in [1.807, 2.05) is 19.4 Å². The number of nitrogens with one attached hydrogen (secondary N) is 1.